The van der Waals surface area contributed by atoms with E-state index in [1.807, 2.05) is 51.1 Å². The van der Waals surface area contributed by atoms with Crippen molar-refractivity contribution >= 4 is 181 Å². The highest BCUT2D eigenvalue weighted by Crippen LogP contribution is 2.35. The van der Waals surface area contributed by atoms with Gasteiger partial charge in [0.2, 0.25) is 17.7 Å². The van der Waals surface area contributed by atoms with Gasteiger partial charge in [0.25, 0.3) is 0 Å². The summed E-state index contributed by atoms with van der Waals surface area (Å²) in [7, 11) is 0. The molecular weight excluding hydrogens is 1930 g/mol. The molecule has 4 aliphatic carbocycles. The first-order chi connectivity index (χ1) is 60.8. The van der Waals surface area contributed by atoms with E-state index in [0.29, 0.717) is 76.1 Å². The Hall–Kier alpha value is -10.4. The van der Waals surface area contributed by atoms with Crippen LogP contribution >= 0.6 is 66.9 Å². The monoisotopic (exact) mass is 2040 g/mol. The van der Waals surface area contributed by atoms with Crippen molar-refractivity contribution in [2.45, 2.75) is 269 Å². The van der Waals surface area contributed by atoms with Crippen LogP contribution in [0.2, 0.25) is 0 Å². The number of carboxylic acids is 1. The smallest absolute Gasteiger partial charge is 0.328 e. The number of Topliss-reactive ketones (excluding diaryl/α,β-unsaturated/α-hetero) is 4. The quantitative estimate of drug-likeness (QED) is 0.0138. The number of alkyl halides is 3. The van der Waals surface area contributed by atoms with Crippen LogP contribution in [-0.4, -0.2) is 194 Å². The van der Waals surface area contributed by atoms with E-state index in [-0.39, 0.29) is 141 Å². The van der Waals surface area contributed by atoms with Gasteiger partial charge in [0.15, 0.2) is 23.1 Å². The summed E-state index contributed by atoms with van der Waals surface area (Å²) in [5.41, 5.74) is 2.49. The van der Waals surface area contributed by atoms with Crippen LogP contribution in [0.15, 0.2) is 118 Å². The number of phenolic OH excluding ortho intramolecular Hbond substituents is 1. The molecule has 2 aliphatic heterocycles. The second kappa shape index (κ2) is 45.9. The number of carboxylic acid groups (broad SMARTS) is 1. The predicted octanol–water partition coefficient (Wildman–Crippen LogP) is 17.4. The molecule has 692 valence electrons. The van der Waals surface area contributed by atoms with Gasteiger partial charge in [-0.1, -0.05) is 47.6 Å². The highest BCUT2D eigenvalue weighted by atomic mass is 127. The number of pyridine rings is 2. The first-order valence-electron chi connectivity index (χ1n) is 43.0. The van der Waals surface area contributed by atoms with E-state index in [9.17, 15) is 61.8 Å². The van der Waals surface area contributed by atoms with Gasteiger partial charge >= 0.3 is 17.9 Å². The molecule has 3 amide bonds. The Morgan fingerprint density at radius 3 is 1.18 bits per heavy atom. The van der Waals surface area contributed by atoms with Crippen LogP contribution in [0.25, 0.3) is 43.6 Å². The van der Waals surface area contributed by atoms with Crippen molar-refractivity contribution in [2.24, 2.45) is 0 Å². The van der Waals surface area contributed by atoms with Gasteiger partial charge in [-0.25, -0.2) is 18.7 Å². The van der Waals surface area contributed by atoms with Crippen LogP contribution in [-0.2, 0) is 64.4 Å². The molecule has 129 heavy (non-hydrogen) atoms. The minimum atomic E-state index is -1.33. The number of esters is 2. The molecule has 31 nitrogen and oxygen atoms in total. The van der Waals surface area contributed by atoms with E-state index in [2.05, 4.69) is 101 Å². The van der Waals surface area contributed by atoms with E-state index in [1.165, 1.54) is 115 Å². The summed E-state index contributed by atoms with van der Waals surface area (Å²) in [6, 6.07) is 29.7. The standard InChI is InChI=1S/C26H27BrFN5O4.C20H26N2O4.C16H18N2O4.C15H18N2O4.C10H11BrFN3O.C5H9I.ClH/c1-15(34)25-19-12-18(37-17-5-2-3-6-17)9-10-20(19)33(31-25)14-24(35)32-13-16(28)11-21(32)26(36)30-23-8-4-7-22(27)29-23;1-13(23)19-16-11-15(25-14-7-5-6-8-14)9-10-17(16)22(21-19)12-18(24)26-20(2,3)4;1-10(19)16-13-8-12(22-11-4-2-3-5-11)6-7-14(13)18(17-16)9-15(20)21;1-9(18)14-11-7-10(19)5-6-12(11)17(16-14)8-13(20)21-15(2,3)4;11-8-2-1-3-9(14-8)15-10(16)7-4-6(12)5-13-7;6-5-3-1-2-4-5;/h4,7-10,12,16-17,21H,2-3,5-6,11,13-14H2,1H3,(H,29,30,36);9-11,14H,5-8,12H2,1-4H3;6-8,11H,2-5,9H2,1H3,(H,20,21);5-7,19H,8H2,1-4H3;1-3,6-7,13H,4-5H2,(H,14,15,16);5H,1-4H2;1H/t16-,21+;;;;6-,7+;;/m1...1../s1. The van der Waals surface area contributed by atoms with Gasteiger partial charge in [0, 0.05) is 72.6 Å². The van der Waals surface area contributed by atoms with Gasteiger partial charge in [-0.2, -0.15) is 20.4 Å². The molecule has 6 aliphatic rings. The number of phenols is 1. The van der Waals surface area contributed by atoms with Crippen LogP contribution in [0.1, 0.15) is 227 Å². The van der Waals surface area contributed by atoms with Gasteiger partial charge in [-0.05, 0) is 260 Å². The van der Waals surface area contributed by atoms with Crippen molar-refractivity contribution in [1.29, 1.82) is 0 Å². The molecule has 6 aromatic heterocycles. The molecule has 0 radical (unpaired) electrons. The summed E-state index contributed by atoms with van der Waals surface area (Å²) in [6.45, 7) is 15.9. The van der Waals surface area contributed by atoms with Crippen molar-refractivity contribution in [1.82, 2.24) is 59.3 Å². The Morgan fingerprint density at radius 1 is 0.481 bits per heavy atom. The maximum Gasteiger partial charge on any atom is 0.328 e. The molecule has 0 bridgehead atoms. The average Bonchev–Trinajstić information content (AvgIpc) is 1.64. The highest BCUT2D eigenvalue weighted by Gasteiger charge is 2.41. The zero-order chi connectivity index (χ0) is 92.4. The maximum absolute atomic E-state index is 14.4. The Morgan fingerprint density at radius 2 is 0.837 bits per heavy atom. The number of aliphatic carboxylic acids is 1. The molecule has 0 unspecified atom stereocenters. The lowest BCUT2D eigenvalue weighted by Gasteiger charge is -2.23. The van der Waals surface area contributed by atoms with Crippen LogP contribution in [0, 0.1) is 0 Å². The fourth-order valence-electron chi connectivity index (χ4n) is 15.8. The molecule has 4 aromatic carbocycles. The maximum atomic E-state index is 14.4. The largest absolute Gasteiger partial charge is 0.508 e. The van der Waals surface area contributed by atoms with Crippen LogP contribution < -0.4 is 30.2 Å². The van der Waals surface area contributed by atoms with Gasteiger partial charge in [0.05, 0.1) is 53.0 Å². The van der Waals surface area contributed by atoms with Gasteiger partial charge in [-0.15, -0.1) is 12.4 Å². The number of anilines is 2. The number of halogens is 6. The second-order valence-electron chi connectivity index (χ2n) is 34.4. The first kappa shape index (κ1) is 101. The van der Waals surface area contributed by atoms with Crippen molar-refractivity contribution in [3.63, 3.8) is 0 Å². The predicted molar refractivity (Wildman–Crippen MR) is 500 cm³/mol. The zero-order valence-electron chi connectivity index (χ0n) is 73.7. The molecule has 2 saturated heterocycles. The van der Waals surface area contributed by atoms with Crippen molar-refractivity contribution in [3.05, 3.63) is 141 Å². The van der Waals surface area contributed by atoms with E-state index in [4.69, 9.17) is 28.8 Å². The van der Waals surface area contributed by atoms with E-state index in [1.54, 1.807) is 87.5 Å². The average molecular weight is 2040 g/mol. The summed E-state index contributed by atoms with van der Waals surface area (Å²) in [4.78, 5) is 130. The third-order valence-electron chi connectivity index (χ3n) is 21.5. The lowest BCUT2D eigenvalue weighted by molar-refractivity contribution is -0.156. The lowest BCUT2D eigenvalue weighted by atomic mass is 10.1. The summed E-state index contributed by atoms with van der Waals surface area (Å²) >= 11 is 8.99. The highest BCUT2D eigenvalue weighted by molar-refractivity contribution is 14.1. The number of carbonyl (C=O) groups is 10. The number of amides is 3. The molecule has 0 spiro atoms. The normalized spacial score (nSPS) is 17.5. The molecule has 10 aromatic rings. The summed E-state index contributed by atoms with van der Waals surface area (Å²) in [6.07, 6.45) is 17.7. The fourth-order valence-corrected chi connectivity index (χ4v) is 17.3. The third kappa shape index (κ3) is 29.0. The Balaban J connectivity index is 0.000000169. The Bertz CT molecular complexity index is 5690. The molecule has 8 heterocycles. The molecule has 16 rings (SSSR count). The summed E-state index contributed by atoms with van der Waals surface area (Å²) in [5.74, 6) is -0.925. The second-order valence-corrected chi connectivity index (χ2v) is 37.8. The number of benzene rings is 4. The van der Waals surface area contributed by atoms with Crippen LogP contribution in [0.5, 0.6) is 23.0 Å². The molecule has 5 N–H and O–H groups in total. The van der Waals surface area contributed by atoms with Gasteiger partial charge in [-0.3, -0.25) is 66.7 Å². The zero-order valence-corrected chi connectivity index (χ0v) is 79.9. The topological polar surface area (TPSA) is 394 Å². The minimum Gasteiger partial charge on any atom is -0.508 e. The van der Waals surface area contributed by atoms with E-state index < -0.39 is 59.4 Å². The van der Waals surface area contributed by atoms with Crippen molar-refractivity contribution < 1.29 is 90.6 Å². The molecule has 4 atom stereocenters. The number of ether oxygens (including phenoxy) is 5. The molecule has 6 fully saturated rings. The number of hydrogen-bond acceptors (Lipinski definition) is 23. The van der Waals surface area contributed by atoms with E-state index in [0.717, 1.165) is 66.6 Å². The summed E-state index contributed by atoms with van der Waals surface area (Å²) in [5, 5.41) is 46.1. The molecular formula is C92H110Br2ClF2IN14O17. The SMILES string of the molecule is CC(=O)c1nn(CC(=O)N2C[C@H](F)C[C@H]2C(=O)Nc2cccc(Br)n2)c2ccc(OC3CCCC3)cc12.CC(=O)c1nn(CC(=O)O)c2ccc(OC3CCCC3)cc12.CC(=O)c1nn(CC(=O)OC(C)(C)C)c2ccc(O)cc12.CC(=O)c1nn(CC(=O)OC(C)(C)C)c2ccc(OC3CCCC3)cc12.Cl.IC1CCCC1.O=C(Nc1cccc(Br)n1)[C@@H]1C[C@@H](F)CN1. The molecule has 4 saturated carbocycles. The number of carbonyl (C=O) groups excluding carboxylic acids is 9. The fraction of sp³-hybridized carbons (Fsp3) is 0.478. The number of rotatable bonds is 22. The number of ketones is 4. The lowest BCUT2D eigenvalue weighted by Crippen LogP contribution is -2.44. The Labute approximate surface area is 782 Å². The number of fused-ring (bicyclic) bond motifs is 4. The van der Waals surface area contributed by atoms with Crippen LogP contribution in [0.4, 0.5) is 20.4 Å². The number of nitrogens with zero attached hydrogens (tertiary/aromatic N) is 11. The number of nitrogens with one attached hydrogen (secondary N) is 3. The number of aromatic hydroxyl groups is 1. The van der Waals surface area contributed by atoms with E-state index >= 15 is 0 Å². The van der Waals surface area contributed by atoms with Gasteiger partial charge < -0.3 is 54.7 Å². The minimum absolute atomic E-state index is 0. The number of hydrogen-bond donors (Lipinski definition) is 5. The molecule has 37 heteroatoms. The Kier molecular flexibility index (Phi) is 35.8. The summed E-state index contributed by atoms with van der Waals surface area (Å²) < 4.78 is 63.8. The first-order valence-corrected chi connectivity index (χ1v) is 45.8. The third-order valence-corrected chi connectivity index (χ3v) is 23.6. The van der Waals surface area contributed by atoms with Crippen LogP contribution in [0.3, 0.4) is 0 Å². The number of likely N-dealkylation sites (tertiary alicyclic amines) is 1. The number of aromatic nitrogens is 10. The van der Waals surface area contributed by atoms with Gasteiger partial charge in [0.1, 0.15) is 122 Å². The van der Waals surface area contributed by atoms with Crippen molar-refractivity contribution in [3.8, 4) is 23.0 Å². The van der Waals surface area contributed by atoms with Crippen molar-refractivity contribution in [2.75, 3.05) is 23.7 Å².